The van der Waals surface area contributed by atoms with Gasteiger partial charge in [0, 0.05) is 13.1 Å². The number of hydrogen-bond acceptors (Lipinski definition) is 6. The van der Waals surface area contributed by atoms with Crippen LogP contribution in [0.2, 0.25) is 0 Å². The van der Waals surface area contributed by atoms with E-state index >= 15 is 0 Å². The second kappa shape index (κ2) is 5.85. The van der Waals surface area contributed by atoms with E-state index in [1.807, 2.05) is 6.26 Å². The highest BCUT2D eigenvalue weighted by Crippen LogP contribution is 2.27. The Kier molecular flexibility index (Phi) is 4.18. The van der Waals surface area contributed by atoms with E-state index in [-0.39, 0.29) is 5.82 Å². The number of nitrogens with zero attached hydrogens (tertiary/aromatic N) is 3. The first kappa shape index (κ1) is 13.6. The molecule has 0 aliphatic rings. The Labute approximate surface area is 115 Å². The molecule has 0 fully saturated rings. The number of nitrogen functional groups attached to an aromatic ring is 1. The number of nitrogens with two attached hydrogens (primary N) is 1. The Balaban J connectivity index is 2.43. The van der Waals surface area contributed by atoms with E-state index in [0.29, 0.717) is 22.5 Å². The van der Waals surface area contributed by atoms with Gasteiger partial charge in [-0.15, -0.1) is 0 Å². The molecule has 0 unspecified atom stereocenters. The van der Waals surface area contributed by atoms with Crippen LogP contribution in [0.3, 0.4) is 0 Å². The van der Waals surface area contributed by atoms with Gasteiger partial charge in [-0.3, -0.25) is 0 Å². The summed E-state index contributed by atoms with van der Waals surface area (Å²) in [6.07, 6.45) is 1.86. The van der Waals surface area contributed by atoms with Crippen molar-refractivity contribution in [1.82, 2.24) is 9.97 Å². The molecule has 1 heterocycles. The second-order valence-electron chi connectivity index (χ2n) is 3.75. The number of para-hydroxylation sites is 1. The lowest BCUT2D eigenvalue weighted by Gasteiger charge is -2.19. The highest BCUT2D eigenvalue weighted by Gasteiger charge is 2.12. The fraction of sp³-hybridized carbons (Fsp3) is 0.167. The van der Waals surface area contributed by atoms with E-state index in [1.54, 1.807) is 36.2 Å². The number of hydrazine groups is 1. The van der Waals surface area contributed by atoms with Crippen LogP contribution in [0.15, 0.2) is 35.5 Å². The molecule has 3 N–H and O–H groups in total. The zero-order chi connectivity index (χ0) is 13.8. The molecule has 0 saturated heterocycles. The van der Waals surface area contributed by atoms with E-state index in [4.69, 9.17) is 5.84 Å². The lowest BCUT2D eigenvalue weighted by atomic mass is 10.3. The molecular weight excluding hydrogens is 265 g/mol. The highest BCUT2D eigenvalue weighted by molar-refractivity contribution is 7.98. The molecular formula is C12H14FN5S. The van der Waals surface area contributed by atoms with Crippen molar-refractivity contribution in [2.24, 2.45) is 5.84 Å². The average molecular weight is 279 g/mol. The minimum absolute atomic E-state index is 0.309. The van der Waals surface area contributed by atoms with Crippen molar-refractivity contribution >= 4 is 29.1 Å². The molecule has 0 aliphatic heterocycles. The molecule has 0 atom stereocenters. The molecule has 0 amide bonds. The van der Waals surface area contributed by atoms with Crippen molar-refractivity contribution in [2.75, 3.05) is 23.6 Å². The molecule has 0 radical (unpaired) electrons. The van der Waals surface area contributed by atoms with E-state index < -0.39 is 0 Å². The van der Waals surface area contributed by atoms with Crippen molar-refractivity contribution < 1.29 is 4.39 Å². The van der Waals surface area contributed by atoms with Crippen LogP contribution in [0.1, 0.15) is 0 Å². The van der Waals surface area contributed by atoms with Crippen molar-refractivity contribution in [2.45, 2.75) is 5.16 Å². The smallest absolute Gasteiger partial charge is 0.191 e. The van der Waals surface area contributed by atoms with Gasteiger partial charge in [0.15, 0.2) is 5.16 Å². The van der Waals surface area contributed by atoms with Gasteiger partial charge < -0.3 is 10.3 Å². The summed E-state index contributed by atoms with van der Waals surface area (Å²) in [7, 11) is 1.74. The highest BCUT2D eigenvalue weighted by atomic mass is 32.2. The van der Waals surface area contributed by atoms with Crippen LogP contribution in [-0.2, 0) is 0 Å². The summed E-state index contributed by atoms with van der Waals surface area (Å²) in [4.78, 5) is 10.1. The molecule has 1 aromatic heterocycles. The van der Waals surface area contributed by atoms with E-state index in [0.717, 1.165) is 0 Å². The van der Waals surface area contributed by atoms with Gasteiger partial charge >= 0.3 is 0 Å². The Hall–Kier alpha value is -1.86. The van der Waals surface area contributed by atoms with Crippen LogP contribution in [-0.4, -0.2) is 23.3 Å². The third-order valence-corrected chi connectivity index (χ3v) is 3.13. The summed E-state index contributed by atoms with van der Waals surface area (Å²) in [5, 5.41) is 0.564. The number of hydrogen-bond donors (Lipinski definition) is 2. The fourth-order valence-corrected chi connectivity index (χ4v) is 1.97. The van der Waals surface area contributed by atoms with Gasteiger partial charge in [-0.05, 0) is 18.4 Å². The lowest BCUT2D eigenvalue weighted by Crippen LogP contribution is -2.16. The summed E-state index contributed by atoms with van der Waals surface area (Å²) < 4.78 is 13.8. The van der Waals surface area contributed by atoms with E-state index in [9.17, 15) is 4.39 Å². The third-order valence-electron chi connectivity index (χ3n) is 2.58. The predicted octanol–water partition coefficient (Wildman–Crippen LogP) is 2.39. The van der Waals surface area contributed by atoms with Crippen LogP contribution in [0, 0.1) is 5.82 Å². The SMILES string of the molecule is CSc1nc(NN)cc(N(C)c2ccccc2F)n1. The van der Waals surface area contributed by atoms with Gasteiger partial charge in [0.1, 0.15) is 17.5 Å². The van der Waals surface area contributed by atoms with Crippen LogP contribution in [0.25, 0.3) is 0 Å². The third kappa shape index (κ3) is 2.94. The largest absolute Gasteiger partial charge is 0.327 e. The fourth-order valence-electron chi connectivity index (χ4n) is 1.60. The Bertz CT molecular complexity index is 556. The summed E-state index contributed by atoms with van der Waals surface area (Å²) in [6.45, 7) is 0. The standard InChI is InChI=1S/C12H14FN5S/c1-18(9-6-4-3-5-8(9)13)11-7-10(17-14)15-12(16-11)19-2/h3-7H,14H2,1-2H3,(H,15,16,17). The van der Waals surface area contributed by atoms with Crippen molar-refractivity contribution in [3.8, 4) is 0 Å². The van der Waals surface area contributed by atoms with Gasteiger partial charge in [0.25, 0.3) is 0 Å². The molecule has 2 aromatic rings. The monoisotopic (exact) mass is 279 g/mol. The Morgan fingerprint density at radius 2 is 2.05 bits per heavy atom. The van der Waals surface area contributed by atoms with Gasteiger partial charge in [0.2, 0.25) is 0 Å². The maximum atomic E-state index is 13.8. The molecule has 0 aliphatic carbocycles. The minimum Gasteiger partial charge on any atom is -0.327 e. The number of nitrogens with one attached hydrogen (secondary N) is 1. The zero-order valence-electron chi connectivity index (χ0n) is 10.6. The second-order valence-corrected chi connectivity index (χ2v) is 4.53. The van der Waals surface area contributed by atoms with Crippen molar-refractivity contribution in [3.05, 3.63) is 36.1 Å². The first-order chi connectivity index (χ1) is 9.15. The summed E-state index contributed by atoms with van der Waals surface area (Å²) in [5.74, 6) is 6.11. The number of halogens is 1. The molecule has 2 rings (SSSR count). The van der Waals surface area contributed by atoms with E-state index in [1.165, 1.54) is 17.8 Å². The van der Waals surface area contributed by atoms with Crippen LogP contribution in [0.4, 0.5) is 21.7 Å². The summed E-state index contributed by atoms with van der Waals surface area (Å²) in [5.41, 5.74) is 2.92. The first-order valence-corrected chi connectivity index (χ1v) is 6.76. The topological polar surface area (TPSA) is 67.1 Å². The maximum Gasteiger partial charge on any atom is 0.191 e. The molecule has 19 heavy (non-hydrogen) atoms. The maximum absolute atomic E-state index is 13.8. The van der Waals surface area contributed by atoms with Gasteiger partial charge in [-0.25, -0.2) is 20.2 Å². The van der Waals surface area contributed by atoms with Gasteiger partial charge in [-0.2, -0.15) is 0 Å². The van der Waals surface area contributed by atoms with Crippen molar-refractivity contribution in [1.29, 1.82) is 0 Å². The van der Waals surface area contributed by atoms with Crippen LogP contribution in [0.5, 0.6) is 0 Å². The van der Waals surface area contributed by atoms with Gasteiger partial charge in [-0.1, -0.05) is 23.9 Å². The number of anilines is 3. The van der Waals surface area contributed by atoms with Crippen LogP contribution < -0.4 is 16.2 Å². The Morgan fingerprint density at radius 3 is 2.68 bits per heavy atom. The molecule has 0 spiro atoms. The molecule has 100 valence electrons. The quantitative estimate of drug-likeness (QED) is 0.388. The molecule has 5 nitrogen and oxygen atoms in total. The average Bonchev–Trinajstić information content (AvgIpc) is 2.46. The number of rotatable bonds is 4. The first-order valence-electron chi connectivity index (χ1n) is 5.53. The van der Waals surface area contributed by atoms with Gasteiger partial charge in [0.05, 0.1) is 5.69 Å². The molecule has 0 saturated carbocycles. The molecule has 7 heteroatoms. The normalized spacial score (nSPS) is 10.3. The number of benzene rings is 1. The number of aromatic nitrogens is 2. The predicted molar refractivity (Wildman–Crippen MR) is 76.1 cm³/mol. The minimum atomic E-state index is -0.309. The Morgan fingerprint density at radius 1 is 1.32 bits per heavy atom. The molecule has 0 bridgehead atoms. The van der Waals surface area contributed by atoms with Crippen molar-refractivity contribution in [3.63, 3.8) is 0 Å². The lowest BCUT2D eigenvalue weighted by molar-refractivity contribution is 0.627. The zero-order valence-corrected chi connectivity index (χ0v) is 11.4. The van der Waals surface area contributed by atoms with Crippen LogP contribution >= 0.6 is 11.8 Å². The molecule has 1 aromatic carbocycles. The summed E-state index contributed by atoms with van der Waals surface area (Å²) in [6, 6.07) is 8.17. The van der Waals surface area contributed by atoms with E-state index in [2.05, 4.69) is 15.4 Å². The summed E-state index contributed by atoms with van der Waals surface area (Å²) >= 11 is 1.39. The number of thioether (sulfide) groups is 1.